The van der Waals surface area contributed by atoms with Crippen molar-refractivity contribution < 1.29 is 0 Å². The van der Waals surface area contributed by atoms with Crippen molar-refractivity contribution in [2.24, 2.45) is 5.73 Å². The minimum atomic E-state index is 0.422. The van der Waals surface area contributed by atoms with Crippen molar-refractivity contribution in [1.29, 1.82) is 0 Å². The summed E-state index contributed by atoms with van der Waals surface area (Å²) >= 11 is 5.49. The van der Waals surface area contributed by atoms with E-state index in [2.05, 4.69) is 41.1 Å². The molecule has 0 fully saturated rings. The first-order valence-electron chi connectivity index (χ1n) is 4.85. The molecule has 14 heavy (non-hydrogen) atoms. The van der Waals surface area contributed by atoms with Crippen molar-refractivity contribution in [2.45, 2.75) is 18.6 Å². The molecule has 0 bridgehead atoms. The van der Waals surface area contributed by atoms with Crippen LogP contribution in [0.25, 0.3) is 0 Å². The molecule has 1 nitrogen and oxygen atoms in total. The van der Waals surface area contributed by atoms with E-state index in [4.69, 9.17) is 5.73 Å². The van der Waals surface area contributed by atoms with Gasteiger partial charge in [-0.05, 0) is 23.8 Å². The molecule has 1 rings (SSSR count). The summed E-state index contributed by atoms with van der Waals surface area (Å²) < 4.78 is 1.17. The Labute approximate surface area is 98.6 Å². The monoisotopic (exact) mass is 273 g/mol. The number of thioether (sulfide) groups is 1. The maximum absolute atomic E-state index is 5.77. The lowest BCUT2D eigenvalue weighted by Crippen LogP contribution is -2.10. The van der Waals surface area contributed by atoms with Crippen molar-refractivity contribution in [3.05, 3.63) is 34.3 Å². The van der Waals surface area contributed by atoms with Gasteiger partial charge in [0.1, 0.15) is 0 Å². The fraction of sp³-hybridized carbons (Fsp3) is 0.455. The van der Waals surface area contributed by atoms with Gasteiger partial charge in [0.2, 0.25) is 0 Å². The van der Waals surface area contributed by atoms with Gasteiger partial charge in [-0.15, -0.1) is 0 Å². The molecule has 78 valence electrons. The Bertz CT molecular complexity index is 278. The van der Waals surface area contributed by atoms with Gasteiger partial charge in [0.05, 0.1) is 0 Å². The van der Waals surface area contributed by atoms with Crippen LogP contribution in [0.15, 0.2) is 28.7 Å². The van der Waals surface area contributed by atoms with Gasteiger partial charge in [0.15, 0.2) is 0 Å². The Kier molecular flexibility index (Phi) is 5.60. The summed E-state index contributed by atoms with van der Waals surface area (Å²) in [5.41, 5.74) is 7.09. The zero-order chi connectivity index (χ0) is 10.4. The zero-order valence-corrected chi connectivity index (χ0v) is 10.8. The molecule has 0 spiro atoms. The summed E-state index contributed by atoms with van der Waals surface area (Å²) in [6.45, 7) is 2.90. The maximum atomic E-state index is 5.77. The molecule has 0 amide bonds. The largest absolute Gasteiger partial charge is 0.329 e. The Morgan fingerprint density at radius 3 is 2.71 bits per heavy atom. The molecule has 0 radical (unpaired) electrons. The first-order valence-corrected chi connectivity index (χ1v) is 6.69. The van der Waals surface area contributed by atoms with Crippen LogP contribution in [0.2, 0.25) is 0 Å². The molecular formula is C11H16BrNS. The Hall–Kier alpha value is 0.01000. The van der Waals surface area contributed by atoms with Gasteiger partial charge >= 0.3 is 0 Å². The highest BCUT2D eigenvalue weighted by molar-refractivity contribution is 9.10. The third-order valence-corrected chi connectivity index (χ3v) is 4.20. The summed E-state index contributed by atoms with van der Waals surface area (Å²) in [5, 5.41) is 0.422. The topological polar surface area (TPSA) is 26.0 Å². The molecule has 2 N–H and O–H groups in total. The molecule has 0 aliphatic heterocycles. The van der Waals surface area contributed by atoms with E-state index in [1.54, 1.807) is 0 Å². The van der Waals surface area contributed by atoms with E-state index in [9.17, 15) is 0 Å². The van der Waals surface area contributed by atoms with Crippen LogP contribution in [0.1, 0.15) is 24.2 Å². The quantitative estimate of drug-likeness (QED) is 0.888. The fourth-order valence-electron chi connectivity index (χ4n) is 1.28. The average molecular weight is 274 g/mol. The highest BCUT2D eigenvalue weighted by Gasteiger charge is 2.11. The molecular weight excluding hydrogens is 258 g/mol. The molecule has 1 atom stereocenters. The first-order chi connectivity index (χ1) is 6.79. The summed E-state index contributed by atoms with van der Waals surface area (Å²) in [6, 6.07) is 8.32. The van der Waals surface area contributed by atoms with E-state index < -0.39 is 0 Å². The second kappa shape index (κ2) is 6.49. The van der Waals surface area contributed by atoms with Crippen molar-refractivity contribution >= 4 is 27.7 Å². The molecule has 0 aromatic heterocycles. The van der Waals surface area contributed by atoms with Crippen molar-refractivity contribution in [3.8, 4) is 0 Å². The Morgan fingerprint density at radius 2 is 2.14 bits per heavy atom. The Balaban J connectivity index is 2.73. The molecule has 0 aliphatic carbocycles. The molecule has 1 aromatic rings. The van der Waals surface area contributed by atoms with E-state index in [1.807, 2.05) is 17.8 Å². The molecule has 0 saturated carbocycles. The van der Waals surface area contributed by atoms with Crippen LogP contribution in [0.3, 0.4) is 0 Å². The van der Waals surface area contributed by atoms with Crippen LogP contribution in [0.5, 0.6) is 0 Å². The van der Waals surface area contributed by atoms with E-state index >= 15 is 0 Å². The molecule has 0 saturated heterocycles. The summed E-state index contributed by atoms with van der Waals surface area (Å²) in [4.78, 5) is 0. The maximum Gasteiger partial charge on any atom is 0.0430 e. The van der Waals surface area contributed by atoms with Gasteiger partial charge in [-0.2, -0.15) is 11.8 Å². The zero-order valence-electron chi connectivity index (χ0n) is 8.37. The molecule has 3 heteroatoms. The summed E-state index contributed by atoms with van der Waals surface area (Å²) in [5.74, 6) is 1.17. The van der Waals surface area contributed by atoms with Gasteiger partial charge in [-0.25, -0.2) is 0 Å². The normalized spacial score (nSPS) is 12.8. The molecule has 0 heterocycles. The van der Waals surface area contributed by atoms with Crippen LogP contribution in [0, 0.1) is 0 Å². The SMILES string of the molecule is CCCSC(CN)c1ccccc1Br. The summed E-state index contributed by atoms with van der Waals surface area (Å²) in [7, 11) is 0. The Morgan fingerprint density at radius 1 is 1.43 bits per heavy atom. The first kappa shape index (κ1) is 12.1. The summed E-state index contributed by atoms with van der Waals surface area (Å²) in [6.07, 6.45) is 1.20. The second-order valence-electron chi connectivity index (χ2n) is 3.12. The third-order valence-electron chi connectivity index (χ3n) is 1.99. The van der Waals surface area contributed by atoms with E-state index in [-0.39, 0.29) is 0 Å². The predicted molar refractivity (Wildman–Crippen MR) is 68.7 cm³/mol. The number of hydrogen-bond donors (Lipinski definition) is 1. The van der Waals surface area contributed by atoms with Crippen LogP contribution < -0.4 is 5.73 Å². The minimum Gasteiger partial charge on any atom is -0.329 e. The molecule has 0 aliphatic rings. The number of benzene rings is 1. The fourth-order valence-corrected chi connectivity index (χ4v) is 3.04. The standard InChI is InChI=1S/C11H16BrNS/c1-2-7-14-11(8-13)9-5-3-4-6-10(9)12/h3-6,11H,2,7-8,13H2,1H3. The second-order valence-corrected chi connectivity index (χ2v) is 5.28. The van der Waals surface area contributed by atoms with Gasteiger partial charge in [0.25, 0.3) is 0 Å². The van der Waals surface area contributed by atoms with Gasteiger partial charge in [-0.3, -0.25) is 0 Å². The highest BCUT2D eigenvalue weighted by Crippen LogP contribution is 2.32. The van der Waals surface area contributed by atoms with Crippen LogP contribution in [0.4, 0.5) is 0 Å². The number of nitrogens with two attached hydrogens (primary N) is 1. The number of hydrogen-bond acceptors (Lipinski definition) is 2. The van der Waals surface area contributed by atoms with Crippen molar-refractivity contribution in [3.63, 3.8) is 0 Å². The predicted octanol–water partition coefficient (Wildman–Crippen LogP) is 3.59. The van der Waals surface area contributed by atoms with Gasteiger partial charge in [0, 0.05) is 16.3 Å². The molecule has 1 unspecified atom stereocenters. The average Bonchev–Trinajstić information content (AvgIpc) is 2.21. The van der Waals surface area contributed by atoms with Gasteiger partial charge in [-0.1, -0.05) is 41.1 Å². The lowest BCUT2D eigenvalue weighted by atomic mass is 10.1. The minimum absolute atomic E-state index is 0.422. The van der Waals surface area contributed by atoms with Crippen molar-refractivity contribution in [2.75, 3.05) is 12.3 Å². The van der Waals surface area contributed by atoms with E-state index in [0.29, 0.717) is 11.8 Å². The lowest BCUT2D eigenvalue weighted by Gasteiger charge is -2.15. The highest BCUT2D eigenvalue weighted by atomic mass is 79.9. The van der Waals surface area contributed by atoms with Crippen LogP contribution in [-0.4, -0.2) is 12.3 Å². The smallest absolute Gasteiger partial charge is 0.0430 e. The van der Waals surface area contributed by atoms with Crippen LogP contribution in [-0.2, 0) is 0 Å². The van der Waals surface area contributed by atoms with Crippen LogP contribution >= 0.6 is 27.7 Å². The lowest BCUT2D eigenvalue weighted by molar-refractivity contribution is 0.931. The van der Waals surface area contributed by atoms with E-state index in [1.165, 1.54) is 22.2 Å². The number of rotatable bonds is 5. The van der Waals surface area contributed by atoms with Gasteiger partial charge < -0.3 is 5.73 Å². The third kappa shape index (κ3) is 3.30. The molecule has 1 aromatic carbocycles. The number of halogens is 1. The van der Waals surface area contributed by atoms with Crippen molar-refractivity contribution in [1.82, 2.24) is 0 Å². The van der Waals surface area contributed by atoms with E-state index in [0.717, 1.165) is 0 Å².